The van der Waals surface area contributed by atoms with Crippen LogP contribution in [0.5, 0.6) is 0 Å². The second kappa shape index (κ2) is 4.96. The molecule has 0 saturated heterocycles. The summed E-state index contributed by atoms with van der Waals surface area (Å²) in [4.78, 5) is -0.389. The second-order valence-electron chi connectivity index (χ2n) is 4.41. The van der Waals surface area contributed by atoms with E-state index in [1.807, 2.05) is 0 Å². The molecule has 0 amide bonds. The largest absolute Gasteiger partial charge is 0.416 e. The van der Waals surface area contributed by atoms with Crippen LogP contribution in [0.1, 0.15) is 18.4 Å². The molecule has 1 N–H and O–H groups in total. The molecule has 0 aromatic heterocycles. The Morgan fingerprint density at radius 3 is 2.42 bits per heavy atom. The number of benzene rings is 1. The molecule has 1 aliphatic carbocycles. The number of rotatable bonds is 3. The van der Waals surface area contributed by atoms with E-state index in [-0.39, 0.29) is 16.3 Å². The molecule has 0 unspecified atom stereocenters. The van der Waals surface area contributed by atoms with Crippen molar-refractivity contribution in [1.82, 2.24) is 4.72 Å². The van der Waals surface area contributed by atoms with Gasteiger partial charge in [-0.15, -0.1) is 11.6 Å². The summed E-state index contributed by atoms with van der Waals surface area (Å²) in [5.74, 6) is 0. The highest BCUT2D eigenvalue weighted by molar-refractivity contribution is 7.89. The standard InChI is InChI=1S/C11H11ClF3NO2S/c12-8-5-9(6-8)16-19(17,18)10-3-1-2-7(4-10)11(13,14)15/h1-4,8-9,16H,5-6H2. The third-order valence-corrected chi connectivity index (χ3v) is 4.75. The van der Waals surface area contributed by atoms with Gasteiger partial charge in [0.05, 0.1) is 10.5 Å². The van der Waals surface area contributed by atoms with Crippen LogP contribution in [0.25, 0.3) is 0 Å². The Balaban J connectivity index is 2.21. The van der Waals surface area contributed by atoms with Gasteiger partial charge < -0.3 is 0 Å². The average molecular weight is 314 g/mol. The van der Waals surface area contributed by atoms with E-state index in [9.17, 15) is 21.6 Å². The van der Waals surface area contributed by atoms with E-state index in [1.165, 1.54) is 0 Å². The maximum atomic E-state index is 12.5. The van der Waals surface area contributed by atoms with E-state index >= 15 is 0 Å². The molecule has 3 nitrogen and oxygen atoms in total. The summed E-state index contributed by atoms with van der Waals surface area (Å²) in [6.07, 6.45) is -3.59. The Labute approximate surface area is 113 Å². The molecule has 1 saturated carbocycles. The van der Waals surface area contributed by atoms with E-state index in [0.717, 1.165) is 18.2 Å². The van der Waals surface area contributed by atoms with E-state index < -0.39 is 21.8 Å². The third-order valence-electron chi connectivity index (χ3n) is 2.87. The highest BCUT2D eigenvalue weighted by atomic mass is 35.5. The van der Waals surface area contributed by atoms with Gasteiger partial charge in [-0.25, -0.2) is 13.1 Å². The zero-order chi connectivity index (χ0) is 14.3. The predicted octanol–water partition coefficient (Wildman–Crippen LogP) is 2.75. The van der Waals surface area contributed by atoms with Crippen LogP contribution >= 0.6 is 11.6 Å². The first-order valence-corrected chi connectivity index (χ1v) is 7.44. The molecular formula is C11H11ClF3NO2S. The minimum Gasteiger partial charge on any atom is -0.208 e. The third kappa shape index (κ3) is 3.40. The number of sulfonamides is 1. The van der Waals surface area contributed by atoms with Gasteiger partial charge in [0.1, 0.15) is 0 Å². The Kier molecular flexibility index (Phi) is 3.81. The van der Waals surface area contributed by atoms with Crippen LogP contribution in [-0.2, 0) is 16.2 Å². The van der Waals surface area contributed by atoms with Gasteiger partial charge in [0.15, 0.2) is 0 Å². The molecule has 0 atom stereocenters. The molecule has 1 fully saturated rings. The summed E-state index contributed by atoms with van der Waals surface area (Å²) < 4.78 is 63.7. The van der Waals surface area contributed by atoms with Crippen molar-refractivity contribution in [2.24, 2.45) is 0 Å². The molecule has 106 valence electrons. The molecule has 0 radical (unpaired) electrons. The molecule has 1 aliphatic rings. The van der Waals surface area contributed by atoms with E-state index in [1.54, 1.807) is 0 Å². The number of hydrogen-bond donors (Lipinski definition) is 1. The summed E-state index contributed by atoms with van der Waals surface area (Å²) in [6, 6.07) is 3.36. The van der Waals surface area contributed by atoms with Crippen molar-refractivity contribution >= 4 is 21.6 Å². The number of nitrogens with one attached hydrogen (secondary N) is 1. The smallest absolute Gasteiger partial charge is 0.208 e. The van der Waals surface area contributed by atoms with Crippen LogP contribution in [0.3, 0.4) is 0 Å². The lowest BCUT2D eigenvalue weighted by molar-refractivity contribution is -0.137. The highest BCUT2D eigenvalue weighted by Crippen LogP contribution is 2.31. The fourth-order valence-corrected chi connectivity index (χ4v) is 3.51. The van der Waals surface area contributed by atoms with Crippen molar-refractivity contribution in [1.29, 1.82) is 0 Å². The van der Waals surface area contributed by atoms with Gasteiger partial charge in [-0.1, -0.05) is 6.07 Å². The van der Waals surface area contributed by atoms with Crippen LogP contribution in [-0.4, -0.2) is 19.8 Å². The van der Waals surface area contributed by atoms with Gasteiger partial charge in [0.2, 0.25) is 10.0 Å². The Morgan fingerprint density at radius 2 is 1.89 bits per heavy atom. The molecule has 19 heavy (non-hydrogen) atoms. The normalized spacial score (nSPS) is 24.0. The Bertz CT molecular complexity index is 568. The number of alkyl halides is 4. The quantitative estimate of drug-likeness (QED) is 0.872. The lowest BCUT2D eigenvalue weighted by atomic mass is 9.94. The van der Waals surface area contributed by atoms with Crippen LogP contribution in [0, 0.1) is 0 Å². The monoisotopic (exact) mass is 313 g/mol. The second-order valence-corrected chi connectivity index (χ2v) is 6.74. The molecule has 1 aromatic rings. The summed E-state index contributed by atoms with van der Waals surface area (Å²) >= 11 is 5.72. The highest BCUT2D eigenvalue weighted by Gasteiger charge is 2.34. The molecule has 0 aliphatic heterocycles. The first-order valence-electron chi connectivity index (χ1n) is 5.52. The summed E-state index contributed by atoms with van der Waals surface area (Å²) in [6.45, 7) is 0. The fourth-order valence-electron chi connectivity index (χ4n) is 1.77. The van der Waals surface area contributed by atoms with Crippen LogP contribution in [0.4, 0.5) is 13.2 Å². The van der Waals surface area contributed by atoms with Crippen LogP contribution in [0.2, 0.25) is 0 Å². The molecule has 8 heteroatoms. The van der Waals surface area contributed by atoms with Gasteiger partial charge in [-0.2, -0.15) is 13.2 Å². The van der Waals surface area contributed by atoms with Crippen molar-refractivity contribution in [3.05, 3.63) is 29.8 Å². The van der Waals surface area contributed by atoms with Gasteiger partial charge in [-0.05, 0) is 31.0 Å². The number of halogens is 4. The molecule has 0 bridgehead atoms. The van der Waals surface area contributed by atoms with E-state index in [4.69, 9.17) is 11.6 Å². The summed E-state index contributed by atoms with van der Waals surface area (Å²) in [5.41, 5.74) is -0.987. The maximum Gasteiger partial charge on any atom is 0.416 e. The first kappa shape index (κ1) is 14.6. The first-order chi connectivity index (χ1) is 8.68. The van der Waals surface area contributed by atoms with E-state index in [0.29, 0.717) is 18.9 Å². The number of hydrogen-bond acceptors (Lipinski definition) is 2. The van der Waals surface area contributed by atoms with Gasteiger partial charge >= 0.3 is 6.18 Å². The van der Waals surface area contributed by atoms with Gasteiger partial charge in [0, 0.05) is 11.4 Å². The zero-order valence-corrected chi connectivity index (χ0v) is 11.2. The van der Waals surface area contributed by atoms with Crippen LogP contribution in [0.15, 0.2) is 29.2 Å². The molecular weight excluding hydrogens is 303 g/mol. The van der Waals surface area contributed by atoms with Gasteiger partial charge in [-0.3, -0.25) is 0 Å². The van der Waals surface area contributed by atoms with Crippen molar-refractivity contribution < 1.29 is 21.6 Å². The maximum absolute atomic E-state index is 12.5. The van der Waals surface area contributed by atoms with Crippen molar-refractivity contribution in [2.75, 3.05) is 0 Å². The molecule has 0 heterocycles. The summed E-state index contributed by atoms with van der Waals surface area (Å²) in [7, 11) is -3.94. The predicted molar refractivity (Wildman–Crippen MR) is 64.4 cm³/mol. The molecule has 1 aromatic carbocycles. The van der Waals surface area contributed by atoms with Crippen molar-refractivity contribution in [2.45, 2.75) is 35.3 Å². The van der Waals surface area contributed by atoms with Crippen LogP contribution < -0.4 is 4.72 Å². The Hall–Kier alpha value is -0.790. The fraction of sp³-hybridized carbons (Fsp3) is 0.455. The lowest BCUT2D eigenvalue weighted by Crippen LogP contribution is -2.44. The topological polar surface area (TPSA) is 46.2 Å². The average Bonchev–Trinajstić information content (AvgIpc) is 2.26. The van der Waals surface area contributed by atoms with Crippen molar-refractivity contribution in [3.8, 4) is 0 Å². The van der Waals surface area contributed by atoms with E-state index in [2.05, 4.69) is 4.72 Å². The molecule has 0 spiro atoms. The summed E-state index contributed by atoms with van der Waals surface area (Å²) in [5, 5.41) is -0.0748. The lowest BCUT2D eigenvalue weighted by Gasteiger charge is -2.31. The minimum atomic E-state index is -4.57. The zero-order valence-electron chi connectivity index (χ0n) is 9.61. The minimum absolute atomic E-state index is 0.0748. The SMILES string of the molecule is O=S(=O)(NC1CC(Cl)C1)c1cccc(C(F)(F)F)c1. The van der Waals surface area contributed by atoms with Gasteiger partial charge in [0.25, 0.3) is 0 Å². The molecule has 2 rings (SSSR count). The Morgan fingerprint density at radius 1 is 1.26 bits per heavy atom. The van der Waals surface area contributed by atoms with Crippen molar-refractivity contribution in [3.63, 3.8) is 0 Å².